The fourth-order valence-electron chi connectivity index (χ4n) is 2.82. The number of hydrogen-bond donors (Lipinski definition) is 2. The minimum Gasteiger partial charge on any atom is -0.496 e. The molecule has 26 heavy (non-hydrogen) atoms. The molecule has 134 valence electrons. The fourth-order valence-corrected chi connectivity index (χ4v) is 2.82. The van der Waals surface area contributed by atoms with Gasteiger partial charge in [-0.2, -0.15) is 0 Å². The normalized spacial score (nSPS) is 16.4. The summed E-state index contributed by atoms with van der Waals surface area (Å²) in [6, 6.07) is 12.8. The number of carbonyl (C=O) groups excluding carboxylic acids is 3. The van der Waals surface area contributed by atoms with Crippen molar-refractivity contribution in [2.24, 2.45) is 0 Å². The molecule has 1 unspecified atom stereocenters. The Morgan fingerprint density at radius 1 is 1.15 bits per heavy atom. The van der Waals surface area contributed by atoms with Crippen LogP contribution in [-0.4, -0.2) is 31.0 Å². The summed E-state index contributed by atoms with van der Waals surface area (Å²) >= 11 is 0. The summed E-state index contributed by atoms with van der Waals surface area (Å²) < 4.78 is 5.26. The third-order valence-electron chi connectivity index (χ3n) is 4.10. The molecule has 3 rings (SSSR count). The number of benzene rings is 2. The van der Waals surface area contributed by atoms with Crippen LogP contribution in [0.1, 0.15) is 12.5 Å². The molecule has 0 radical (unpaired) electrons. The van der Waals surface area contributed by atoms with Crippen molar-refractivity contribution in [3.8, 4) is 5.75 Å². The van der Waals surface area contributed by atoms with Gasteiger partial charge in [0.05, 0.1) is 24.9 Å². The number of para-hydroxylation sites is 3. The average Bonchev–Trinajstić information content (AvgIpc) is 2.88. The number of ether oxygens (including phenoxy) is 1. The lowest BCUT2D eigenvalue weighted by Gasteiger charge is -2.18. The first kappa shape index (κ1) is 17.5. The van der Waals surface area contributed by atoms with Gasteiger partial charge >= 0.3 is 6.03 Å². The molecule has 0 bridgehead atoms. The van der Waals surface area contributed by atoms with Crippen LogP contribution < -0.4 is 20.3 Å². The Morgan fingerprint density at radius 2 is 1.85 bits per heavy atom. The number of hydrogen-bond acceptors (Lipinski definition) is 4. The summed E-state index contributed by atoms with van der Waals surface area (Å²) in [5, 5.41) is 5.33. The number of carbonyl (C=O) groups is 3. The van der Waals surface area contributed by atoms with Gasteiger partial charge < -0.3 is 15.4 Å². The van der Waals surface area contributed by atoms with E-state index in [1.54, 1.807) is 44.4 Å². The Labute approximate surface area is 150 Å². The molecule has 1 saturated heterocycles. The monoisotopic (exact) mass is 353 g/mol. The van der Waals surface area contributed by atoms with Gasteiger partial charge in [0.15, 0.2) is 0 Å². The van der Waals surface area contributed by atoms with Gasteiger partial charge in [0, 0.05) is 5.56 Å². The number of imide groups is 1. The molecule has 7 heteroatoms. The minimum absolute atomic E-state index is 0.106. The predicted molar refractivity (Wildman–Crippen MR) is 97.2 cm³/mol. The average molecular weight is 353 g/mol. The Balaban J connectivity index is 1.82. The van der Waals surface area contributed by atoms with E-state index in [0.717, 1.165) is 10.5 Å². The molecule has 0 aromatic heterocycles. The van der Waals surface area contributed by atoms with E-state index in [1.807, 2.05) is 18.2 Å². The maximum Gasteiger partial charge on any atom is 0.329 e. The summed E-state index contributed by atoms with van der Waals surface area (Å²) in [7, 11) is 1.55. The molecule has 2 aromatic carbocycles. The van der Waals surface area contributed by atoms with Gasteiger partial charge in [-0.05, 0) is 25.1 Å². The molecule has 0 saturated carbocycles. The second-order valence-electron chi connectivity index (χ2n) is 5.90. The van der Waals surface area contributed by atoms with Crippen molar-refractivity contribution in [2.45, 2.75) is 19.4 Å². The highest BCUT2D eigenvalue weighted by Gasteiger charge is 2.37. The van der Waals surface area contributed by atoms with E-state index in [9.17, 15) is 14.4 Å². The summed E-state index contributed by atoms with van der Waals surface area (Å²) in [5.74, 6) is -0.0117. The Kier molecular flexibility index (Phi) is 4.88. The largest absolute Gasteiger partial charge is 0.496 e. The number of amides is 4. The first-order valence-electron chi connectivity index (χ1n) is 8.16. The maximum absolute atomic E-state index is 12.5. The first-order chi connectivity index (χ1) is 12.5. The lowest BCUT2D eigenvalue weighted by molar-refractivity contribution is -0.118. The molecular weight excluding hydrogens is 334 g/mol. The molecule has 0 aliphatic carbocycles. The summed E-state index contributed by atoms with van der Waals surface area (Å²) in [6.45, 7) is 1.61. The third kappa shape index (κ3) is 3.37. The molecule has 0 spiro atoms. The maximum atomic E-state index is 12.5. The quantitative estimate of drug-likeness (QED) is 0.808. The number of methoxy groups -OCH3 is 1. The summed E-state index contributed by atoms with van der Waals surface area (Å²) in [6.07, 6.45) is 0.106. The van der Waals surface area contributed by atoms with Crippen LogP contribution in [0.3, 0.4) is 0 Å². The van der Waals surface area contributed by atoms with Crippen molar-refractivity contribution in [1.82, 2.24) is 5.32 Å². The van der Waals surface area contributed by atoms with E-state index in [2.05, 4.69) is 10.6 Å². The van der Waals surface area contributed by atoms with Crippen LogP contribution in [0.5, 0.6) is 5.75 Å². The first-order valence-corrected chi connectivity index (χ1v) is 8.16. The van der Waals surface area contributed by atoms with Gasteiger partial charge in [-0.15, -0.1) is 0 Å². The van der Waals surface area contributed by atoms with Gasteiger partial charge in [-0.25, -0.2) is 9.69 Å². The smallest absolute Gasteiger partial charge is 0.329 e. The van der Waals surface area contributed by atoms with Crippen LogP contribution in [0.15, 0.2) is 48.5 Å². The molecule has 1 aliphatic rings. The molecule has 2 N–H and O–H groups in total. The molecule has 2 aromatic rings. The van der Waals surface area contributed by atoms with E-state index >= 15 is 0 Å². The third-order valence-corrected chi connectivity index (χ3v) is 4.10. The Hall–Kier alpha value is -3.35. The number of urea groups is 1. The predicted octanol–water partition coefficient (Wildman–Crippen LogP) is 2.32. The molecule has 1 fully saturated rings. The highest BCUT2D eigenvalue weighted by molar-refractivity contribution is 6.23. The molecule has 1 atom stereocenters. The van der Waals surface area contributed by atoms with Gasteiger partial charge in [0.2, 0.25) is 5.91 Å². The zero-order chi connectivity index (χ0) is 18.7. The Bertz CT molecular complexity index is 865. The fraction of sp³-hybridized carbons (Fsp3) is 0.211. The van der Waals surface area contributed by atoms with Gasteiger partial charge in [-0.3, -0.25) is 9.59 Å². The van der Waals surface area contributed by atoms with Crippen molar-refractivity contribution >= 4 is 29.2 Å². The van der Waals surface area contributed by atoms with Gasteiger partial charge in [-0.1, -0.05) is 30.3 Å². The van der Waals surface area contributed by atoms with Crippen LogP contribution in [0.2, 0.25) is 0 Å². The second kappa shape index (κ2) is 7.26. The molecule has 7 nitrogen and oxygen atoms in total. The molecule has 4 amide bonds. The lowest BCUT2D eigenvalue weighted by Crippen LogP contribution is -2.32. The number of anilines is 2. The van der Waals surface area contributed by atoms with Crippen molar-refractivity contribution in [2.75, 3.05) is 17.3 Å². The topological polar surface area (TPSA) is 87.7 Å². The van der Waals surface area contributed by atoms with E-state index in [-0.39, 0.29) is 18.2 Å². The van der Waals surface area contributed by atoms with Gasteiger partial charge in [0.1, 0.15) is 11.8 Å². The molecule has 1 aliphatic heterocycles. The van der Waals surface area contributed by atoms with Crippen LogP contribution in [0.4, 0.5) is 16.2 Å². The zero-order valence-electron chi connectivity index (χ0n) is 14.5. The van der Waals surface area contributed by atoms with Crippen molar-refractivity contribution in [3.63, 3.8) is 0 Å². The van der Waals surface area contributed by atoms with Crippen LogP contribution >= 0.6 is 0 Å². The zero-order valence-corrected chi connectivity index (χ0v) is 14.5. The number of rotatable bonds is 5. The summed E-state index contributed by atoms with van der Waals surface area (Å²) in [5.41, 5.74) is 1.48. The van der Waals surface area contributed by atoms with Crippen molar-refractivity contribution in [1.29, 1.82) is 0 Å². The van der Waals surface area contributed by atoms with E-state index < -0.39 is 12.1 Å². The van der Waals surface area contributed by atoms with E-state index in [0.29, 0.717) is 17.1 Å². The lowest BCUT2D eigenvalue weighted by atomic mass is 10.1. The molecular formula is C19H19N3O4. The highest BCUT2D eigenvalue weighted by atomic mass is 16.5. The van der Waals surface area contributed by atoms with Crippen LogP contribution in [0, 0.1) is 0 Å². The SMILES string of the molecule is COc1ccccc1CC(=O)Nc1ccccc1N1C(=O)NC(C)C1=O. The standard InChI is InChI=1S/C19H19N3O4/c1-12-18(24)22(19(25)20-12)15-9-5-4-8-14(15)21-17(23)11-13-7-3-6-10-16(13)26-2/h3-10,12H,11H2,1-2H3,(H,20,25)(H,21,23). The summed E-state index contributed by atoms with van der Waals surface area (Å²) in [4.78, 5) is 37.8. The van der Waals surface area contributed by atoms with Crippen molar-refractivity contribution < 1.29 is 19.1 Å². The van der Waals surface area contributed by atoms with Crippen LogP contribution in [-0.2, 0) is 16.0 Å². The second-order valence-corrected chi connectivity index (χ2v) is 5.90. The Morgan fingerprint density at radius 3 is 2.54 bits per heavy atom. The van der Waals surface area contributed by atoms with E-state index in [1.165, 1.54) is 0 Å². The van der Waals surface area contributed by atoms with Crippen LogP contribution in [0.25, 0.3) is 0 Å². The van der Waals surface area contributed by atoms with Crippen molar-refractivity contribution in [3.05, 3.63) is 54.1 Å². The minimum atomic E-state index is -0.597. The number of nitrogens with zero attached hydrogens (tertiary/aromatic N) is 1. The highest BCUT2D eigenvalue weighted by Crippen LogP contribution is 2.29. The van der Waals surface area contributed by atoms with Gasteiger partial charge in [0.25, 0.3) is 5.91 Å². The number of nitrogens with one attached hydrogen (secondary N) is 2. The molecule has 1 heterocycles. The van der Waals surface area contributed by atoms with E-state index in [4.69, 9.17) is 4.74 Å².